The minimum atomic E-state index is -0.503. The third-order valence-corrected chi connectivity index (χ3v) is 5.23. The number of amides is 1. The quantitative estimate of drug-likeness (QED) is 0.704. The summed E-state index contributed by atoms with van der Waals surface area (Å²) in [6, 6.07) is 15.0. The molecule has 0 radical (unpaired) electrons. The number of aromatic amines is 1. The van der Waals surface area contributed by atoms with Gasteiger partial charge in [0.1, 0.15) is 5.82 Å². The molecule has 0 bridgehead atoms. The van der Waals surface area contributed by atoms with Gasteiger partial charge in [0.25, 0.3) is 5.91 Å². The average molecular weight is 377 g/mol. The zero-order valence-electron chi connectivity index (χ0n) is 15.9. The van der Waals surface area contributed by atoms with E-state index in [4.69, 9.17) is 4.74 Å². The molecule has 28 heavy (non-hydrogen) atoms. The number of aromatic nitrogens is 2. The average Bonchev–Trinajstić information content (AvgIpc) is 3.16. The van der Waals surface area contributed by atoms with E-state index in [0.29, 0.717) is 11.5 Å². The first-order valence-electron chi connectivity index (χ1n) is 9.60. The monoisotopic (exact) mass is 377 g/mol. The summed E-state index contributed by atoms with van der Waals surface area (Å²) in [5.41, 5.74) is 2.90. The van der Waals surface area contributed by atoms with Crippen molar-refractivity contribution in [2.24, 2.45) is 5.92 Å². The number of imidazole rings is 1. The number of carbonyl (C=O) groups is 2. The van der Waals surface area contributed by atoms with Gasteiger partial charge >= 0.3 is 5.97 Å². The number of rotatable bonds is 4. The standard InChI is InChI=1S/C22H23N3O3/c1-15-9-11-25(12-10-15)20(26)14-28-22(27)17-7-8-18-19(13-17)24-21(23-18)16-5-3-2-4-6-16/h2-8,13,15H,9-12,14H2,1H3,(H,23,24). The highest BCUT2D eigenvalue weighted by Gasteiger charge is 2.21. The molecule has 2 heterocycles. The Balaban J connectivity index is 1.42. The third-order valence-electron chi connectivity index (χ3n) is 5.23. The minimum absolute atomic E-state index is 0.130. The summed E-state index contributed by atoms with van der Waals surface area (Å²) >= 11 is 0. The maximum Gasteiger partial charge on any atom is 0.338 e. The fourth-order valence-electron chi connectivity index (χ4n) is 3.43. The topological polar surface area (TPSA) is 75.3 Å². The molecule has 0 atom stereocenters. The molecule has 1 N–H and O–H groups in total. The summed E-state index contributed by atoms with van der Waals surface area (Å²) in [6.45, 7) is 3.44. The van der Waals surface area contributed by atoms with Crippen LogP contribution in [0.5, 0.6) is 0 Å². The van der Waals surface area contributed by atoms with Gasteiger partial charge in [-0.2, -0.15) is 0 Å². The van der Waals surface area contributed by atoms with E-state index >= 15 is 0 Å². The molecule has 2 aromatic carbocycles. The molecule has 0 unspecified atom stereocenters. The van der Waals surface area contributed by atoms with Crippen molar-refractivity contribution in [1.29, 1.82) is 0 Å². The lowest BCUT2D eigenvalue weighted by Gasteiger charge is -2.30. The van der Waals surface area contributed by atoms with Crippen molar-refractivity contribution in [2.75, 3.05) is 19.7 Å². The highest BCUT2D eigenvalue weighted by Crippen LogP contribution is 2.21. The van der Waals surface area contributed by atoms with Gasteiger partial charge in [-0.05, 0) is 37.0 Å². The van der Waals surface area contributed by atoms with Crippen molar-refractivity contribution < 1.29 is 14.3 Å². The van der Waals surface area contributed by atoms with E-state index in [2.05, 4.69) is 16.9 Å². The predicted molar refractivity (Wildman–Crippen MR) is 107 cm³/mol. The van der Waals surface area contributed by atoms with Crippen molar-refractivity contribution in [3.8, 4) is 11.4 Å². The van der Waals surface area contributed by atoms with Crippen molar-refractivity contribution in [1.82, 2.24) is 14.9 Å². The molecule has 6 nitrogen and oxygen atoms in total. The lowest BCUT2D eigenvalue weighted by atomic mass is 9.99. The molecular formula is C22H23N3O3. The van der Waals surface area contributed by atoms with Crippen LogP contribution in [0.3, 0.4) is 0 Å². The molecule has 1 aliphatic heterocycles. The van der Waals surface area contributed by atoms with E-state index in [0.717, 1.165) is 48.4 Å². The Hall–Kier alpha value is -3.15. The van der Waals surface area contributed by atoms with Gasteiger partial charge in [0, 0.05) is 18.7 Å². The molecule has 4 rings (SSSR count). The van der Waals surface area contributed by atoms with Crippen molar-refractivity contribution in [3.63, 3.8) is 0 Å². The number of nitrogens with zero attached hydrogens (tertiary/aromatic N) is 2. The number of benzene rings is 2. The van der Waals surface area contributed by atoms with E-state index in [-0.39, 0.29) is 12.5 Å². The Bertz CT molecular complexity index is 989. The second-order valence-electron chi connectivity index (χ2n) is 7.32. The summed E-state index contributed by atoms with van der Waals surface area (Å²) in [7, 11) is 0. The zero-order chi connectivity index (χ0) is 19.5. The fourth-order valence-corrected chi connectivity index (χ4v) is 3.43. The van der Waals surface area contributed by atoms with E-state index in [1.807, 2.05) is 30.3 Å². The van der Waals surface area contributed by atoms with Crippen LogP contribution in [0.25, 0.3) is 22.4 Å². The highest BCUT2D eigenvalue weighted by molar-refractivity contribution is 5.95. The van der Waals surface area contributed by atoms with E-state index in [9.17, 15) is 9.59 Å². The van der Waals surface area contributed by atoms with Crippen LogP contribution in [0.1, 0.15) is 30.1 Å². The van der Waals surface area contributed by atoms with Gasteiger partial charge in [-0.25, -0.2) is 9.78 Å². The Kier molecular flexibility index (Phi) is 5.10. The summed E-state index contributed by atoms with van der Waals surface area (Å²) in [6.07, 6.45) is 2.00. The second-order valence-corrected chi connectivity index (χ2v) is 7.32. The van der Waals surface area contributed by atoms with Crippen molar-refractivity contribution in [2.45, 2.75) is 19.8 Å². The molecule has 1 aromatic heterocycles. The Morgan fingerprint density at radius 2 is 1.89 bits per heavy atom. The Labute approximate surface area is 163 Å². The van der Waals surface area contributed by atoms with Crippen LogP contribution in [0.4, 0.5) is 0 Å². The molecular weight excluding hydrogens is 354 g/mol. The van der Waals surface area contributed by atoms with Gasteiger partial charge in [0.05, 0.1) is 16.6 Å². The van der Waals surface area contributed by atoms with E-state index in [1.165, 1.54) is 0 Å². The van der Waals surface area contributed by atoms with Crippen LogP contribution in [0.2, 0.25) is 0 Å². The van der Waals surface area contributed by atoms with Gasteiger partial charge in [0.2, 0.25) is 0 Å². The van der Waals surface area contributed by atoms with E-state index < -0.39 is 5.97 Å². The third kappa shape index (κ3) is 3.91. The van der Waals surface area contributed by atoms with Crippen LogP contribution >= 0.6 is 0 Å². The molecule has 1 aliphatic rings. The molecule has 0 spiro atoms. The first-order chi connectivity index (χ1) is 13.6. The van der Waals surface area contributed by atoms with Gasteiger partial charge in [-0.1, -0.05) is 37.3 Å². The summed E-state index contributed by atoms with van der Waals surface area (Å²) < 4.78 is 5.25. The number of hydrogen-bond donors (Lipinski definition) is 1. The van der Waals surface area contributed by atoms with Crippen LogP contribution in [0.15, 0.2) is 48.5 Å². The lowest BCUT2D eigenvalue weighted by Crippen LogP contribution is -2.40. The van der Waals surface area contributed by atoms with Crippen molar-refractivity contribution in [3.05, 3.63) is 54.1 Å². The maximum atomic E-state index is 12.4. The fraction of sp³-hybridized carbons (Fsp3) is 0.318. The summed E-state index contributed by atoms with van der Waals surface area (Å²) in [5, 5.41) is 0. The first kappa shape index (κ1) is 18.2. The Morgan fingerprint density at radius 1 is 1.14 bits per heavy atom. The molecule has 3 aromatic rings. The lowest BCUT2D eigenvalue weighted by molar-refractivity contribution is -0.135. The first-order valence-corrected chi connectivity index (χ1v) is 9.60. The number of hydrogen-bond acceptors (Lipinski definition) is 4. The number of likely N-dealkylation sites (tertiary alicyclic amines) is 1. The number of esters is 1. The molecule has 6 heteroatoms. The molecule has 1 amide bonds. The van der Waals surface area contributed by atoms with Crippen LogP contribution < -0.4 is 0 Å². The normalized spacial score (nSPS) is 15.0. The molecule has 0 aliphatic carbocycles. The number of piperidine rings is 1. The number of ether oxygens (including phenoxy) is 1. The zero-order valence-corrected chi connectivity index (χ0v) is 15.9. The Morgan fingerprint density at radius 3 is 2.64 bits per heavy atom. The number of H-pyrrole nitrogens is 1. The smallest absolute Gasteiger partial charge is 0.338 e. The van der Waals surface area contributed by atoms with Gasteiger partial charge in [0.15, 0.2) is 6.61 Å². The summed E-state index contributed by atoms with van der Waals surface area (Å²) in [4.78, 5) is 34.2. The SMILES string of the molecule is CC1CCN(C(=O)COC(=O)c2ccc3nc(-c4ccccc4)[nH]c3c2)CC1. The van der Waals surface area contributed by atoms with Gasteiger partial charge < -0.3 is 14.6 Å². The molecule has 1 fully saturated rings. The maximum absolute atomic E-state index is 12.4. The summed E-state index contributed by atoms with van der Waals surface area (Å²) in [5.74, 6) is 0.759. The number of nitrogens with one attached hydrogen (secondary N) is 1. The van der Waals surface area contributed by atoms with Crippen LogP contribution in [-0.4, -0.2) is 46.4 Å². The molecule has 1 saturated heterocycles. The highest BCUT2D eigenvalue weighted by atomic mass is 16.5. The van der Waals surface area contributed by atoms with Crippen LogP contribution in [0, 0.1) is 5.92 Å². The second kappa shape index (κ2) is 7.84. The predicted octanol–water partition coefficient (Wildman–Crippen LogP) is 3.65. The van der Waals surface area contributed by atoms with Crippen molar-refractivity contribution >= 4 is 22.9 Å². The largest absolute Gasteiger partial charge is 0.452 e. The molecule has 144 valence electrons. The number of fused-ring (bicyclic) bond motifs is 1. The molecule has 0 saturated carbocycles. The minimum Gasteiger partial charge on any atom is -0.452 e. The van der Waals surface area contributed by atoms with Crippen LogP contribution in [-0.2, 0) is 9.53 Å². The van der Waals surface area contributed by atoms with Gasteiger partial charge in [-0.15, -0.1) is 0 Å². The number of carbonyl (C=O) groups excluding carboxylic acids is 2. The van der Waals surface area contributed by atoms with E-state index in [1.54, 1.807) is 23.1 Å². The van der Waals surface area contributed by atoms with Gasteiger partial charge in [-0.3, -0.25) is 4.79 Å².